The Bertz CT molecular complexity index is 367. The summed E-state index contributed by atoms with van der Waals surface area (Å²) < 4.78 is 0. The molecule has 2 N–H and O–H groups in total. The maximum atomic E-state index is 11.4. The molecule has 0 bridgehead atoms. The van der Waals surface area contributed by atoms with Crippen LogP contribution in [0.3, 0.4) is 0 Å². The molecule has 0 aromatic carbocycles. The van der Waals surface area contributed by atoms with Crippen LogP contribution >= 0.6 is 11.3 Å². The lowest BCUT2D eigenvalue weighted by atomic mass is 10.4. The molecular weight excluding hydrogens is 248 g/mol. The Balaban J connectivity index is 2.37. The summed E-state index contributed by atoms with van der Waals surface area (Å²) in [6.45, 7) is 6.85. The highest BCUT2D eigenvalue weighted by molar-refractivity contribution is 7.15. The fourth-order valence-electron chi connectivity index (χ4n) is 1.51. The lowest BCUT2D eigenvalue weighted by Crippen LogP contribution is -2.34. The number of amides is 1. The van der Waals surface area contributed by atoms with Gasteiger partial charge >= 0.3 is 0 Å². The van der Waals surface area contributed by atoms with Crippen LogP contribution in [0.25, 0.3) is 0 Å². The van der Waals surface area contributed by atoms with Gasteiger partial charge in [-0.05, 0) is 20.4 Å². The minimum atomic E-state index is 0.0637. The molecule has 0 aliphatic heterocycles. The van der Waals surface area contributed by atoms with Gasteiger partial charge in [0.05, 0.1) is 6.54 Å². The van der Waals surface area contributed by atoms with Crippen molar-refractivity contribution in [2.24, 2.45) is 0 Å². The van der Waals surface area contributed by atoms with Crippen molar-refractivity contribution < 1.29 is 4.79 Å². The molecule has 1 heterocycles. The molecule has 0 radical (unpaired) electrons. The first kappa shape index (κ1) is 14.9. The smallest absolute Gasteiger partial charge is 0.234 e. The number of anilines is 1. The molecule has 0 aliphatic rings. The Morgan fingerprint density at radius 3 is 2.94 bits per heavy atom. The highest BCUT2D eigenvalue weighted by Gasteiger charge is 2.08. The predicted octanol–water partition coefficient (Wildman–Crippen LogP) is 1.53. The molecule has 1 aromatic rings. The number of thiazole rings is 1. The van der Waals surface area contributed by atoms with Crippen LogP contribution in [0.1, 0.15) is 25.1 Å². The van der Waals surface area contributed by atoms with Crippen molar-refractivity contribution in [1.29, 1.82) is 0 Å². The number of nitrogens with zero attached hydrogens (tertiary/aromatic N) is 2. The minimum absolute atomic E-state index is 0.0637. The Morgan fingerprint density at radius 2 is 2.28 bits per heavy atom. The zero-order valence-electron chi connectivity index (χ0n) is 11.3. The maximum Gasteiger partial charge on any atom is 0.234 e. The van der Waals surface area contributed by atoms with Gasteiger partial charge in [-0.25, -0.2) is 4.98 Å². The van der Waals surface area contributed by atoms with E-state index in [4.69, 9.17) is 0 Å². The molecule has 0 aliphatic carbocycles. The Morgan fingerprint density at radius 1 is 1.50 bits per heavy atom. The third-order valence-electron chi connectivity index (χ3n) is 2.29. The Labute approximate surface area is 113 Å². The fourth-order valence-corrected chi connectivity index (χ4v) is 2.43. The summed E-state index contributed by atoms with van der Waals surface area (Å²) >= 11 is 1.65. The highest BCUT2D eigenvalue weighted by atomic mass is 32.1. The predicted molar refractivity (Wildman–Crippen MR) is 75.9 cm³/mol. The normalized spacial score (nSPS) is 10.7. The van der Waals surface area contributed by atoms with Crippen LogP contribution in [0.5, 0.6) is 0 Å². The summed E-state index contributed by atoms with van der Waals surface area (Å²) in [5, 5.41) is 7.01. The van der Waals surface area contributed by atoms with Gasteiger partial charge in [-0.3, -0.25) is 9.69 Å². The quantitative estimate of drug-likeness (QED) is 0.752. The molecule has 0 fully saturated rings. The molecule has 5 nitrogen and oxygen atoms in total. The van der Waals surface area contributed by atoms with Gasteiger partial charge in [-0.15, -0.1) is 11.3 Å². The lowest BCUT2D eigenvalue weighted by Gasteiger charge is -2.14. The largest absolute Gasteiger partial charge is 0.362 e. The van der Waals surface area contributed by atoms with Crippen LogP contribution < -0.4 is 10.6 Å². The standard InChI is InChI=1S/C12H22N4OS/c1-4-6-14-12-15-7-10(18-12)8-16(3)9-11(17)13-5-2/h7H,4-6,8-9H2,1-3H3,(H,13,17)(H,14,15). The van der Waals surface area contributed by atoms with E-state index in [1.54, 1.807) is 11.3 Å². The number of likely N-dealkylation sites (N-methyl/N-ethyl adjacent to an activating group) is 2. The first-order valence-corrected chi connectivity index (χ1v) is 7.11. The minimum Gasteiger partial charge on any atom is -0.362 e. The molecule has 0 saturated heterocycles. The van der Waals surface area contributed by atoms with Crippen LogP contribution in [0.15, 0.2) is 6.20 Å². The van der Waals surface area contributed by atoms with Crippen molar-refractivity contribution in [1.82, 2.24) is 15.2 Å². The van der Waals surface area contributed by atoms with E-state index in [-0.39, 0.29) is 5.91 Å². The van der Waals surface area contributed by atoms with Crippen molar-refractivity contribution >= 4 is 22.4 Å². The van der Waals surface area contributed by atoms with Crippen LogP contribution in [0.2, 0.25) is 0 Å². The molecule has 1 aromatic heterocycles. The Hall–Kier alpha value is -1.14. The Kier molecular flexibility index (Phi) is 6.67. The molecule has 102 valence electrons. The molecule has 0 atom stereocenters. The number of hydrogen-bond acceptors (Lipinski definition) is 5. The van der Waals surface area contributed by atoms with E-state index in [0.717, 1.165) is 24.6 Å². The monoisotopic (exact) mass is 270 g/mol. The van der Waals surface area contributed by atoms with Gasteiger partial charge in [0.25, 0.3) is 0 Å². The summed E-state index contributed by atoms with van der Waals surface area (Å²) in [5.41, 5.74) is 0. The molecule has 0 unspecified atom stereocenters. The second-order valence-corrected chi connectivity index (χ2v) is 5.30. The number of aromatic nitrogens is 1. The molecule has 0 spiro atoms. The van der Waals surface area contributed by atoms with Crippen LogP contribution in [-0.2, 0) is 11.3 Å². The third-order valence-corrected chi connectivity index (χ3v) is 3.23. The van der Waals surface area contributed by atoms with E-state index >= 15 is 0 Å². The zero-order valence-corrected chi connectivity index (χ0v) is 12.1. The third kappa shape index (κ3) is 5.46. The van der Waals surface area contributed by atoms with E-state index in [0.29, 0.717) is 13.1 Å². The number of nitrogens with one attached hydrogen (secondary N) is 2. The molecule has 18 heavy (non-hydrogen) atoms. The second kappa shape index (κ2) is 8.05. The van der Waals surface area contributed by atoms with E-state index in [1.165, 1.54) is 4.88 Å². The summed E-state index contributed by atoms with van der Waals surface area (Å²) in [6, 6.07) is 0. The first-order chi connectivity index (χ1) is 8.65. The maximum absolute atomic E-state index is 11.4. The van der Waals surface area contributed by atoms with Crippen molar-refractivity contribution in [2.45, 2.75) is 26.8 Å². The lowest BCUT2D eigenvalue weighted by molar-refractivity contribution is -0.121. The van der Waals surface area contributed by atoms with Crippen LogP contribution in [0.4, 0.5) is 5.13 Å². The summed E-state index contributed by atoms with van der Waals surface area (Å²) in [7, 11) is 1.94. The van der Waals surface area contributed by atoms with Gasteiger partial charge in [0.1, 0.15) is 0 Å². The van der Waals surface area contributed by atoms with Crippen molar-refractivity contribution in [3.05, 3.63) is 11.1 Å². The molecule has 0 saturated carbocycles. The highest BCUT2D eigenvalue weighted by Crippen LogP contribution is 2.19. The van der Waals surface area contributed by atoms with E-state index < -0.39 is 0 Å². The van der Waals surface area contributed by atoms with E-state index in [1.807, 2.05) is 25.1 Å². The van der Waals surface area contributed by atoms with Crippen molar-refractivity contribution in [2.75, 3.05) is 32.0 Å². The van der Waals surface area contributed by atoms with Gasteiger partial charge < -0.3 is 10.6 Å². The van der Waals surface area contributed by atoms with E-state index in [9.17, 15) is 4.79 Å². The fraction of sp³-hybridized carbons (Fsp3) is 0.667. The number of hydrogen-bond donors (Lipinski definition) is 2. The topological polar surface area (TPSA) is 57.3 Å². The number of carbonyl (C=O) groups is 1. The molecular formula is C12H22N4OS. The average Bonchev–Trinajstić information content (AvgIpc) is 2.74. The van der Waals surface area contributed by atoms with Gasteiger partial charge in [0.2, 0.25) is 5.91 Å². The van der Waals surface area contributed by atoms with Gasteiger partial charge in [0, 0.05) is 30.7 Å². The average molecular weight is 270 g/mol. The van der Waals surface area contributed by atoms with Crippen molar-refractivity contribution in [3.8, 4) is 0 Å². The zero-order chi connectivity index (χ0) is 13.4. The SMILES string of the molecule is CCCNc1ncc(CN(C)CC(=O)NCC)s1. The molecule has 6 heteroatoms. The number of carbonyl (C=O) groups excluding carboxylic acids is 1. The molecule has 1 rings (SSSR count). The summed E-state index contributed by atoms with van der Waals surface area (Å²) in [4.78, 5) is 18.9. The van der Waals surface area contributed by atoms with Crippen LogP contribution in [-0.4, -0.2) is 42.5 Å². The van der Waals surface area contributed by atoms with Gasteiger partial charge in [-0.2, -0.15) is 0 Å². The number of rotatable bonds is 8. The summed E-state index contributed by atoms with van der Waals surface area (Å²) in [6.07, 6.45) is 2.96. The van der Waals surface area contributed by atoms with E-state index in [2.05, 4.69) is 22.5 Å². The molecule has 1 amide bonds. The van der Waals surface area contributed by atoms with Gasteiger partial charge in [-0.1, -0.05) is 6.92 Å². The second-order valence-electron chi connectivity index (χ2n) is 4.18. The first-order valence-electron chi connectivity index (χ1n) is 6.29. The summed E-state index contributed by atoms with van der Waals surface area (Å²) in [5.74, 6) is 0.0637. The van der Waals surface area contributed by atoms with Crippen LogP contribution in [0, 0.1) is 0 Å². The van der Waals surface area contributed by atoms with Gasteiger partial charge in [0.15, 0.2) is 5.13 Å². The van der Waals surface area contributed by atoms with Crippen molar-refractivity contribution in [3.63, 3.8) is 0 Å².